The second kappa shape index (κ2) is 4.27. The van der Waals surface area contributed by atoms with Crippen molar-refractivity contribution in [3.63, 3.8) is 0 Å². The number of nitrogens with zero attached hydrogens (tertiary/aromatic N) is 1. The highest BCUT2D eigenvalue weighted by Crippen LogP contribution is 2.49. The molecule has 0 atom stereocenters. The van der Waals surface area contributed by atoms with E-state index in [-0.39, 0.29) is 11.7 Å². The first-order valence-electron chi connectivity index (χ1n) is 5.40. The Balaban J connectivity index is 2.32. The molecule has 0 saturated heterocycles. The van der Waals surface area contributed by atoms with Crippen molar-refractivity contribution >= 4 is 17.5 Å². The van der Waals surface area contributed by atoms with Gasteiger partial charge in [-0.1, -0.05) is 11.6 Å². The van der Waals surface area contributed by atoms with Gasteiger partial charge < -0.3 is 0 Å². The smallest absolute Gasteiger partial charge is 0.245 e. The van der Waals surface area contributed by atoms with Gasteiger partial charge in [0.15, 0.2) is 0 Å². The molecule has 1 N–H and O–H groups in total. The van der Waals surface area contributed by atoms with Crippen LogP contribution in [0.4, 0.5) is 4.39 Å². The Kier molecular flexibility index (Phi) is 3.10. The molecule has 0 aromatic heterocycles. The Labute approximate surface area is 105 Å². The third kappa shape index (κ3) is 2.28. The van der Waals surface area contributed by atoms with E-state index in [0.717, 1.165) is 0 Å². The van der Waals surface area contributed by atoms with Crippen molar-refractivity contribution in [1.82, 2.24) is 10.4 Å². The molecule has 1 fully saturated rings. The lowest BCUT2D eigenvalue weighted by Gasteiger charge is -2.20. The Morgan fingerprint density at radius 3 is 2.65 bits per heavy atom. The number of hydrogen-bond acceptors (Lipinski definition) is 2. The van der Waals surface area contributed by atoms with E-state index in [9.17, 15) is 9.18 Å². The van der Waals surface area contributed by atoms with Gasteiger partial charge in [-0.25, -0.2) is 9.40 Å². The highest BCUT2D eigenvalue weighted by atomic mass is 35.5. The lowest BCUT2D eigenvalue weighted by atomic mass is 9.94. The highest BCUT2D eigenvalue weighted by Gasteiger charge is 2.53. The van der Waals surface area contributed by atoms with Crippen LogP contribution in [0.1, 0.15) is 18.4 Å². The third-order valence-electron chi connectivity index (χ3n) is 2.95. The molecule has 0 heterocycles. The van der Waals surface area contributed by atoms with Gasteiger partial charge in [-0.15, -0.1) is 0 Å². The number of hydrazine groups is 1. The fraction of sp³-hybridized carbons (Fsp3) is 0.417. The molecule has 1 aromatic rings. The van der Waals surface area contributed by atoms with Gasteiger partial charge in [0, 0.05) is 24.7 Å². The molecule has 2 rings (SSSR count). The van der Waals surface area contributed by atoms with Crippen LogP contribution in [0.25, 0.3) is 0 Å². The summed E-state index contributed by atoms with van der Waals surface area (Å²) in [6.07, 6.45) is 1.31. The Morgan fingerprint density at radius 2 is 2.12 bits per heavy atom. The van der Waals surface area contributed by atoms with E-state index < -0.39 is 5.41 Å². The Hall–Kier alpha value is -1.13. The van der Waals surface area contributed by atoms with E-state index in [1.807, 2.05) is 0 Å². The van der Waals surface area contributed by atoms with Gasteiger partial charge in [0.2, 0.25) is 5.91 Å². The maximum atomic E-state index is 13.8. The summed E-state index contributed by atoms with van der Waals surface area (Å²) in [6, 6.07) is 4.33. The van der Waals surface area contributed by atoms with Crippen molar-refractivity contribution in [3.8, 4) is 0 Å². The molecule has 1 aliphatic carbocycles. The maximum absolute atomic E-state index is 13.8. The SMILES string of the molecule is CN(C)NC(=O)C1(c2cc(Cl)ccc2F)CC1. The van der Waals surface area contributed by atoms with Crippen LogP contribution in [0.5, 0.6) is 0 Å². The molecule has 17 heavy (non-hydrogen) atoms. The standard InChI is InChI=1S/C12H14ClFN2O/c1-16(2)15-11(17)12(5-6-12)9-7-8(13)3-4-10(9)14/h3-4,7H,5-6H2,1-2H3,(H,15,17). The Bertz CT molecular complexity index is 458. The van der Waals surface area contributed by atoms with Gasteiger partial charge in [-0.05, 0) is 31.0 Å². The molecule has 0 unspecified atom stereocenters. The molecule has 1 aromatic carbocycles. The summed E-state index contributed by atoms with van der Waals surface area (Å²) in [5.41, 5.74) is 2.33. The molecule has 0 spiro atoms. The largest absolute Gasteiger partial charge is 0.289 e. The van der Waals surface area contributed by atoms with Crippen molar-refractivity contribution in [2.45, 2.75) is 18.3 Å². The van der Waals surface area contributed by atoms with Crippen molar-refractivity contribution in [3.05, 3.63) is 34.6 Å². The summed E-state index contributed by atoms with van der Waals surface area (Å²) in [6.45, 7) is 0. The topological polar surface area (TPSA) is 32.3 Å². The number of rotatable bonds is 3. The zero-order valence-electron chi connectivity index (χ0n) is 9.76. The number of amides is 1. The van der Waals surface area contributed by atoms with E-state index in [4.69, 9.17) is 11.6 Å². The fourth-order valence-corrected chi connectivity index (χ4v) is 2.09. The maximum Gasteiger partial charge on any atom is 0.245 e. The molecule has 0 bridgehead atoms. The van der Waals surface area contributed by atoms with Gasteiger partial charge in [0.1, 0.15) is 5.82 Å². The Morgan fingerprint density at radius 1 is 1.47 bits per heavy atom. The quantitative estimate of drug-likeness (QED) is 0.840. The molecule has 1 saturated carbocycles. The number of benzene rings is 1. The molecule has 0 radical (unpaired) electrons. The number of carbonyl (C=O) groups excluding carboxylic acids is 1. The van der Waals surface area contributed by atoms with Crippen LogP contribution in [0.15, 0.2) is 18.2 Å². The van der Waals surface area contributed by atoms with Gasteiger partial charge in [-0.2, -0.15) is 0 Å². The van der Waals surface area contributed by atoms with Gasteiger partial charge in [0.05, 0.1) is 5.41 Å². The number of hydrogen-bond donors (Lipinski definition) is 1. The van der Waals surface area contributed by atoms with Crippen LogP contribution in [-0.2, 0) is 10.2 Å². The summed E-state index contributed by atoms with van der Waals surface area (Å²) in [7, 11) is 3.45. The van der Waals surface area contributed by atoms with Gasteiger partial charge >= 0.3 is 0 Å². The van der Waals surface area contributed by atoms with Gasteiger partial charge in [0.25, 0.3) is 0 Å². The predicted molar refractivity (Wildman–Crippen MR) is 64.2 cm³/mol. The molecule has 0 aliphatic heterocycles. The van der Waals surface area contributed by atoms with Crippen molar-refractivity contribution in [1.29, 1.82) is 0 Å². The van der Waals surface area contributed by atoms with E-state index >= 15 is 0 Å². The van der Waals surface area contributed by atoms with Gasteiger partial charge in [-0.3, -0.25) is 10.2 Å². The summed E-state index contributed by atoms with van der Waals surface area (Å²) in [5.74, 6) is -0.551. The first-order chi connectivity index (χ1) is 7.95. The van der Waals surface area contributed by atoms with Crippen LogP contribution in [-0.4, -0.2) is 25.0 Å². The van der Waals surface area contributed by atoms with Crippen LogP contribution >= 0.6 is 11.6 Å². The minimum atomic E-state index is -0.737. The van der Waals surface area contributed by atoms with E-state index in [2.05, 4.69) is 5.43 Å². The molecular weight excluding hydrogens is 243 g/mol. The lowest BCUT2D eigenvalue weighted by molar-refractivity contribution is -0.127. The number of halogens is 2. The van der Waals surface area contributed by atoms with E-state index in [1.54, 1.807) is 25.2 Å². The van der Waals surface area contributed by atoms with E-state index in [1.165, 1.54) is 12.1 Å². The fourth-order valence-electron chi connectivity index (χ4n) is 1.92. The van der Waals surface area contributed by atoms with Crippen LogP contribution < -0.4 is 5.43 Å². The van der Waals surface area contributed by atoms with Crippen LogP contribution in [0.2, 0.25) is 5.02 Å². The summed E-state index contributed by atoms with van der Waals surface area (Å²) in [4.78, 5) is 12.0. The van der Waals surface area contributed by atoms with E-state index in [0.29, 0.717) is 23.4 Å². The minimum absolute atomic E-state index is 0.177. The molecule has 1 aliphatic rings. The van der Waals surface area contributed by atoms with Crippen molar-refractivity contribution < 1.29 is 9.18 Å². The normalized spacial score (nSPS) is 17.0. The lowest BCUT2D eigenvalue weighted by Crippen LogP contribution is -2.43. The second-order valence-corrected chi connectivity index (χ2v) is 4.98. The zero-order chi connectivity index (χ0) is 12.6. The predicted octanol–water partition coefficient (Wildman–Crippen LogP) is 2.10. The number of carbonyl (C=O) groups is 1. The molecular formula is C12H14ClFN2O. The molecule has 1 amide bonds. The average Bonchev–Trinajstić information content (AvgIpc) is 3.01. The van der Waals surface area contributed by atoms with Crippen molar-refractivity contribution in [2.24, 2.45) is 0 Å². The molecule has 92 valence electrons. The minimum Gasteiger partial charge on any atom is -0.289 e. The first-order valence-corrected chi connectivity index (χ1v) is 5.77. The van der Waals surface area contributed by atoms with Crippen LogP contribution in [0.3, 0.4) is 0 Å². The molecule has 3 nitrogen and oxygen atoms in total. The second-order valence-electron chi connectivity index (χ2n) is 4.54. The summed E-state index contributed by atoms with van der Waals surface area (Å²) < 4.78 is 13.8. The van der Waals surface area contributed by atoms with Crippen molar-refractivity contribution in [2.75, 3.05) is 14.1 Å². The summed E-state index contributed by atoms with van der Waals surface area (Å²) in [5, 5.41) is 2.01. The van der Waals surface area contributed by atoms with Crippen LogP contribution in [0, 0.1) is 5.82 Å². The first kappa shape index (κ1) is 12.3. The zero-order valence-corrected chi connectivity index (χ0v) is 10.5. The number of nitrogens with one attached hydrogen (secondary N) is 1. The third-order valence-corrected chi connectivity index (χ3v) is 3.19. The summed E-state index contributed by atoms with van der Waals surface area (Å²) >= 11 is 5.85. The molecule has 5 heteroatoms. The monoisotopic (exact) mass is 256 g/mol. The highest BCUT2D eigenvalue weighted by molar-refractivity contribution is 6.30. The average molecular weight is 257 g/mol.